The number of carbonyl (C=O) groups excluding carboxylic acids is 3. The number of nitrogens with one attached hydrogen (secondary N) is 1. The number of rotatable bonds is 7. The Bertz CT molecular complexity index is 953. The maximum atomic E-state index is 13.0. The van der Waals surface area contributed by atoms with E-state index in [9.17, 15) is 14.4 Å². The van der Waals surface area contributed by atoms with Crippen molar-refractivity contribution in [3.8, 4) is 0 Å². The molecule has 1 N–H and O–H groups in total. The molecule has 0 unspecified atom stereocenters. The van der Waals surface area contributed by atoms with Gasteiger partial charge in [-0.25, -0.2) is 0 Å². The van der Waals surface area contributed by atoms with Crippen LogP contribution in [0.1, 0.15) is 28.8 Å². The van der Waals surface area contributed by atoms with Crippen LogP contribution in [0.5, 0.6) is 0 Å². The fourth-order valence-corrected chi connectivity index (χ4v) is 4.62. The predicted octanol–water partition coefficient (Wildman–Crippen LogP) is 1.44. The second-order valence-corrected chi connectivity index (χ2v) is 8.98. The van der Waals surface area contributed by atoms with Crippen LogP contribution in [-0.2, 0) is 16.0 Å². The fourth-order valence-electron chi connectivity index (χ4n) is 4.62. The second kappa shape index (κ2) is 11.7. The molecular weight excluding hydrogens is 430 g/mol. The molecule has 8 nitrogen and oxygen atoms in total. The molecule has 1 aromatic heterocycles. The summed E-state index contributed by atoms with van der Waals surface area (Å²) in [5.41, 5.74) is 1.83. The molecule has 1 aromatic carbocycles. The Balaban J connectivity index is 1.14. The van der Waals surface area contributed by atoms with Crippen molar-refractivity contribution in [2.75, 3.05) is 52.4 Å². The minimum atomic E-state index is -0.251. The van der Waals surface area contributed by atoms with Crippen LogP contribution in [0.25, 0.3) is 0 Å². The topological polar surface area (TPSA) is 85.8 Å². The molecule has 0 spiro atoms. The summed E-state index contributed by atoms with van der Waals surface area (Å²) in [5, 5.41) is 2.69. The van der Waals surface area contributed by atoms with Gasteiger partial charge >= 0.3 is 0 Å². The Morgan fingerprint density at radius 2 is 1.53 bits per heavy atom. The van der Waals surface area contributed by atoms with Crippen LogP contribution in [0.4, 0.5) is 0 Å². The standard InChI is InChI=1S/C26H33N5O3/c32-24(20-28-25(33)22-4-2-1-3-5-22)30-14-9-23(10-15-30)26(34)31-18-16-29(17-19-31)13-8-21-6-11-27-12-7-21/h1-7,11-12,23H,8-10,13-20H2,(H,28,33). The molecule has 0 atom stereocenters. The first-order valence-electron chi connectivity index (χ1n) is 12.1. The smallest absolute Gasteiger partial charge is 0.251 e. The number of aromatic nitrogens is 1. The Morgan fingerprint density at radius 1 is 0.853 bits per heavy atom. The maximum absolute atomic E-state index is 13.0. The number of carbonyl (C=O) groups is 3. The third kappa shape index (κ3) is 6.41. The van der Waals surface area contributed by atoms with E-state index in [1.54, 1.807) is 29.2 Å². The summed E-state index contributed by atoms with van der Waals surface area (Å²) < 4.78 is 0. The van der Waals surface area contributed by atoms with E-state index in [0.717, 1.165) is 39.1 Å². The molecule has 180 valence electrons. The van der Waals surface area contributed by atoms with E-state index in [0.29, 0.717) is 31.5 Å². The van der Waals surface area contributed by atoms with Crippen molar-refractivity contribution in [2.24, 2.45) is 5.92 Å². The van der Waals surface area contributed by atoms with E-state index in [1.165, 1.54) is 5.56 Å². The van der Waals surface area contributed by atoms with Crippen LogP contribution < -0.4 is 5.32 Å². The molecule has 8 heteroatoms. The van der Waals surface area contributed by atoms with E-state index in [-0.39, 0.29) is 30.2 Å². The van der Waals surface area contributed by atoms with E-state index in [4.69, 9.17) is 0 Å². The largest absolute Gasteiger partial charge is 0.343 e. The SMILES string of the molecule is O=C(NCC(=O)N1CCC(C(=O)N2CCN(CCc3ccncc3)CC2)CC1)c1ccccc1. The van der Waals surface area contributed by atoms with Crippen LogP contribution in [0.15, 0.2) is 54.9 Å². The number of pyridine rings is 1. The van der Waals surface area contributed by atoms with Crippen LogP contribution in [0.2, 0.25) is 0 Å². The molecule has 0 aliphatic carbocycles. The second-order valence-electron chi connectivity index (χ2n) is 8.98. The highest BCUT2D eigenvalue weighted by Gasteiger charge is 2.31. The molecule has 4 rings (SSSR count). The van der Waals surface area contributed by atoms with Gasteiger partial charge in [-0.05, 0) is 49.1 Å². The zero-order valence-electron chi connectivity index (χ0n) is 19.6. The molecule has 2 aromatic rings. The number of hydrogen-bond acceptors (Lipinski definition) is 5. The van der Waals surface area contributed by atoms with Crippen molar-refractivity contribution in [3.63, 3.8) is 0 Å². The van der Waals surface area contributed by atoms with Crippen molar-refractivity contribution in [1.82, 2.24) is 25.0 Å². The average Bonchev–Trinajstić information content (AvgIpc) is 2.91. The first-order chi connectivity index (χ1) is 16.6. The van der Waals surface area contributed by atoms with Gasteiger partial charge in [-0.1, -0.05) is 18.2 Å². The van der Waals surface area contributed by atoms with Gasteiger partial charge in [0.1, 0.15) is 0 Å². The summed E-state index contributed by atoms with van der Waals surface area (Å²) in [6, 6.07) is 13.0. The molecule has 0 bridgehead atoms. The van der Waals surface area contributed by atoms with E-state index < -0.39 is 0 Å². The molecule has 34 heavy (non-hydrogen) atoms. The minimum Gasteiger partial charge on any atom is -0.343 e. The summed E-state index contributed by atoms with van der Waals surface area (Å²) in [7, 11) is 0. The molecule has 2 saturated heterocycles. The number of piperazine rings is 1. The van der Waals surface area contributed by atoms with Gasteiger partial charge < -0.3 is 15.1 Å². The Labute approximate surface area is 200 Å². The van der Waals surface area contributed by atoms with E-state index in [2.05, 4.69) is 15.2 Å². The van der Waals surface area contributed by atoms with Crippen LogP contribution in [0, 0.1) is 5.92 Å². The van der Waals surface area contributed by atoms with Crippen molar-refractivity contribution in [1.29, 1.82) is 0 Å². The third-order valence-electron chi connectivity index (χ3n) is 6.78. The number of piperidine rings is 1. The highest BCUT2D eigenvalue weighted by atomic mass is 16.2. The van der Waals surface area contributed by atoms with Crippen molar-refractivity contribution < 1.29 is 14.4 Å². The highest BCUT2D eigenvalue weighted by molar-refractivity contribution is 5.96. The summed E-state index contributed by atoms with van der Waals surface area (Å²) in [6.45, 7) is 5.41. The number of benzene rings is 1. The van der Waals surface area contributed by atoms with Gasteiger partial charge in [0.25, 0.3) is 5.91 Å². The normalized spacial score (nSPS) is 17.4. The quantitative estimate of drug-likeness (QED) is 0.672. The molecule has 2 fully saturated rings. The number of nitrogens with zero attached hydrogens (tertiary/aromatic N) is 4. The van der Waals surface area contributed by atoms with Crippen molar-refractivity contribution in [2.45, 2.75) is 19.3 Å². The van der Waals surface area contributed by atoms with Gasteiger partial charge in [0.15, 0.2) is 0 Å². The number of likely N-dealkylation sites (tertiary alicyclic amines) is 1. The van der Waals surface area contributed by atoms with E-state index in [1.807, 2.05) is 35.5 Å². The summed E-state index contributed by atoms with van der Waals surface area (Å²) in [5.74, 6) is -0.151. The Morgan fingerprint density at radius 3 is 2.21 bits per heavy atom. The Hall–Kier alpha value is -3.26. The predicted molar refractivity (Wildman–Crippen MR) is 129 cm³/mol. The monoisotopic (exact) mass is 463 g/mol. The van der Waals surface area contributed by atoms with Crippen molar-refractivity contribution in [3.05, 3.63) is 66.0 Å². The summed E-state index contributed by atoms with van der Waals surface area (Å²) >= 11 is 0. The first-order valence-corrected chi connectivity index (χ1v) is 12.1. The molecule has 0 radical (unpaired) electrons. The highest BCUT2D eigenvalue weighted by Crippen LogP contribution is 2.21. The lowest BCUT2D eigenvalue weighted by atomic mass is 9.95. The lowest BCUT2D eigenvalue weighted by molar-refractivity contribution is -0.141. The van der Waals surface area contributed by atoms with Gasteiger partial charge in [0.05, 0.1) is 6.54 Å². The summed E-state index contributed by atoms with van der Waals surface area (Å²) in [4.78, 5) is 47.9. The molecule has 2 aliphatic rings. The zero-order chi connectivity index (χ0) is 23.8. The van der Waals surface area contributed by atoms with Gasteiger partial charge in [-0.2, -0.15) is 0 Å². The Kier molecular flexibility index (Phi) is 8.25. The zero-order valence-corrected chi connectivity index (χ0v) is 19.6. The van der Waals surface area contributed by atoms with Gasteiger partial charge in [-0.3, -0.25) is 24.3 Å². The molecule has 0 saturated carbocycles. The number of hydrogen-bond donors (Lipinski definition) is 1. The van der Waals surface area contributed by atoms with Gasteiger partial charge in [0.2, 0.25) is 11.8 Å². The maximum Gasteiger partial charge on any atom is 0.251 e. The molecular formula is C26H33N5O3. The minimum absolute atomic E-state index is 0.0200. The first kappa shape index (κ1) is 23.9. The van der Waals surface area contributed by atoms with Crippen LogP contribution >= 0.6 is 0 Å². The third-order valence-corrected chi connectivity index (χ3v) is 6.78. The fraction of sp³-hybridized carbons (Fsp3) is 0.462. The summed E-state index contributed by atoms with van der Waals surface area (Å²) in [6.07, 6.45) is 6.00. The van der Waals surface area contributed by atoms with E-state index >= 15 is 0 Å². The lowest BCUT2D eigenvalue weighted by Gasteiger charge is -2.38. The van der Waals surface area contributed by atoms with Crippen LogP contribution in [0.3, 0.4) is 0 Å². The molecule has 3 amide bonds. The molecule has 2 aliphatic heterocycles. The van der Waals surface area contributed by atoms with Gasteiger partial charge in [0, 0.05) is 69.7 Å². The van der Waals surface area contributed by atoms with Gasteiger partial charge in [-0.15, -0.1) is 0 Å². The average molecular weight is 464 g/mol. The number of amides is 3. The molecule has 3 heterocycles. The van der Waals surface area contributed by atoms with Crippen molar-refractivity contribution >= 4 is 17.7 Å². The lowest BCUT2D eigenvalue weighted by Crippen LogP contribution is -2.52. The van der Waals surface area contributed by atoms with Crippen LogP contribution in [-0.4, -0.2) is 89.8 Å².